The van der Waals surface area contributed by atoms with Crippen LogP contribution in [0, 0.1) is 5.82 Å². The van der Waals surface area contributed by atoms with Crippen molar-refractivity contribution >= 4 is 38.4 Å². The van der Waals surface area contributed by atoms with E-state index in [1.165, 1.54) is 0 Å². The van der Waals surface area contributed by atoms with Gasteiger partial charge in [0.05, 0.1) is 36.3 Å². The molecule has 1 saturated heterocycles. The van der Waals surface area contributed by atoms with Crippen LogP contribution < -0.4 is 19.5 Å². The average molecular weight is 797 g/mol. The molecule has 0 bridgehead atoms. The number of hydrogen-bond acceptors (Lipinski definition) is 13. The second-order valence-corrected chi connectivity index (χ2v) is 15.6. The van der Waals surface area contributed by atoms with Crippen LogP contribution in [-0.2, 0) is 39.1 Å². The molecule has 0 saturated carbocycles. The number of benzene rings is 4. The van der Waals surface area contributed by atoms with Gasteiger partial charge in [-0.15, -0.1) is 0 Å². The highest BCUT2D eigenvalue weighted by atomic mass is 35.5. The first-order valence-electron chi connectivity index (χ1n) is 17.9. The van der Waals surface area contributed by atoms with Gasteiger partial charge >= 0.3 is 5.97 Å². The number of nitrogens with zero attached hydrogens (tertiary/aromatic N) is 3. The van der Waals surface area contributed by atoms with Crippen LogP contribution in [-0.4, -0.2) is 91.7 Å². The zero-order valence-corrected chi connectivity index (χ0v) is 31.8. The number of aliphatic hydroxyl groups excluding tert-OH is 1. The fourth-order valence-corrected chi connectivity index (χ4v) is 7.53. The minimum atomic E-state index is -2.92. The number of carbonyl (C=O) groups excluding carboxylic acids is 1. The maximum Gasteiger partial charge on any atom is 0.325 e. The van der Waals surface area contributed by atoms with E-state index in [9.17, 15) is 18.3 Å². The second kappa shape index (κ2) is 18.7. The Morgan fingerprint density at radius 3 is 2.55 bits per heavy atom. The molecule has 2 heterocycles. The third-order valence-electron chi connectivity index (χ3n) is 9.05. The SMILES string of the molecule is CCOC(=O)[C@@H](CO)NCc1cc(Cl)c(OCc2cccc(-c3cccc(OCCCN4CCS(=O)(=O)CC4)c3)c2F)cc1OCc1ccc2nonc2c1. The smallest absolute Gasteiger partial charge is 0.325 e. The van der Waals surface area contributed by atoms with E-state index >= 15 is 4.39 Å². The Kier molecular flexibility index (Phi) is 13.6. The maximum atomic E-state index is 16.0. The molecule has 5 aromatic rings. The lowest BCUT2D eigenvalue weighted by Gasteiger charge is -2.26. The number of halogens is 2. The molecule has 13 nitrogen and oxygen atoms in total. The monoisotopic (exact) mass is 796 g/mol. The highest BCUT2D eigenvalue weighted by Crippen LogP contribution is 2.35. The Balaban J connectivity index is 1.13. The van der Waals surface area contributed by atoms with Gasteiger partial charge in [-0.1, -0.05) is 48.0 Å². The number of carbonyl (C=O) groups is 1. The van der Waals surface area contributed by atoms with Gasteiger partial charge in [0.1, 0.15) is 53.4 Å². The minimum absolute atomic E-state index is 0.0932. The lowest BCUT2D eigenvalue weighted by molar-refractivity contribution is -0.146. The summed E-state index contributed by atoms with van der Waals surface area (Å²) in [4.78, 5) is 14.4. The third-order valence-corrected chi connectivity index (χ3v) is 11.0. The van der Waals surface area contributed by atoms with Crippen molar-refractivity contribution in [3.63, 3.8) is 0 Å². The molecule has 1 aliphatic heterocycles. The van der Waals surface area contributed by atoms with Crippen LogP contribution in [0.25, 0.3) is 22.2 Å². The number of aliphatic hydroxyl groups is 1. The molecule has 1 aromatic heterocycles. The third kappa shape index (κ3) is 10.7. The zero-order valence-electron chi connectivity index (χ0n) is 30.2. The summed E-state index contributed by atoms with van der Waals surface area (Å²) in [5.74, 6) is 0.534. The van der Waals surface area contributed by atoms with Gasteiger partial charge in [0.2, 0.25) is 0 Å². The first-order valence-corrected chi connectivity index (χ1v) is 20.1. The van der Waals surface area contributed by atoms with E-state index < -0.39 is 34.3 Å². The van der Waals surface area contributed by atoms with Crippen molar-refractivity contribution < 1.29 is 46.3 Å². The fourth-order valence-electron chi connectivity index (χ4n) is 6.01. The lowest BCUT2D eigenvalue weighted by Crippen LogP contribution is -2.40. The molecule has 0 unspecified atom stereocenters. The zero-order chi connectivity index (χ0) is 38.8. The summed E-state index contributed by atoms with van der Waals surface area (Å²) in [6, 6.07) is 19.9. The van der Waals surface area contributed by atoms with Crippen molar-refractivity contribution in [1.29, 1.82) is 0 Å². The Hall–Kier alpha value is -4.80. The summed E-state index contributed by atoms with van der Waals surface area (Å²) >= 11 is 6.68. The molecule has 0 radical (unpaired) electrons. The van der Waals surface area contributed by atoms with Crippen molar-refractivity contribution in [1.82, 2.24) is 20.5 Å². The van der Waals surface area contributed by atoms with Crippen LogP contribution in [0.5, 0.6) is 17.2 Å². The molecular weight excluding hydrogens is 755 g/mol. The predicted molar refractivity (Wildman–Crippen MR) is 203 cm³/mol. The highest BCUT2D eigenvalue weighted by Gasteiger charge is 2.22. The van der Waals surface area contributed by atoms with E-state index in [0.717, 1.165) is 18.5 Å². The van der Waals surface area contributed by atoms with Gasteiger partial charge in [0, 0.05) is 48.9 Å². The van der Waals surface area contributed by atoms with Gasteiger partial charge in [0.25, 0.3) is 0 Å². The number of aromatic nitrogens is 2. The first kappa shape index (κ1) is 39.9. The Labute approximate surface area is 323 Å². The average Bonchev–Trinajstić information content (AvgIpc) is 3.65. The topological polar surface area (TPSA) is 163 Å². The van der Waals surface area contributed by atoms with E-state index in [-0.39, 0.29) is 48.6 Å². The minimum Gasteiger partial charge on any atom is -0.494 e. The van der Waals surface area contributed by atoms with E-state index in [1.807, 2.05) is 12.1 Å². The first-order chi connectivity index (χ1) is 26.6. The largest absolute Gasteiger partial charge is 0.494 e. The summed E-state index contributed by atoms with van der Waals surface area (Å²) < 4.78 is 67.5. The van der Waals surface area contributed by atoms with Gasteiger partial charge in [-0.05, 0) is 65.1 Å². The van der Waals surface area contributed by atoms with Gasteiger partial charge in [-0.2, -0.15) is 0 Å². The Morgan fingerprint density at radius 1 is 0.964 bits per heavy atom. The number of ether oxygens (including phenoxy) is 4. The molecule has 1 fully saturated rings. The number of esters is 1. The standard InChI is InChI=1S/C39H42ClFN4O9S/c1-2-50-39(47)35(23-46)42-22-29-20-32(40)37(21-36(29)52-24-26-10-11-33-34(18-26)44-54-43-33)53-25-28-7-4-9-31(38(28)41)27-6-3-8-30(19-27)51-15-5-12-45-13-16-55(48,49)17-14-45/h3-4,6-11,18-21,35,42,46H,2,5,12-17,22-25H2,1H3/t35-/m1/s1. The summed E-state index contributed by atoms with van der Waals surface area (Å²) in [5.41, 5.74) is 3.82. The Morgan fingerprint density at radius 2 is 1.75 bits per heavy atom. The molecule has 292 valence electrons. The molecular formula is C39H42ClFN4O9S. The quantitative estimate of drug-likeness (QED) is 0.0863. The molecule has 55 heavy (non-hydrogen) atoms. The van der Waals surface area contributed by atoms with Crippen LogP contribution in [0.2, 0.25) is 5.02 Å². The number of hydrogen-bond donors (Lipinski definition) is 2. The van der Waals surface area contributed by atoms with Gasteiger partial charge in [0.15, 0.2) is 9.84 Å². The molecule has 0 spiro atoms. The van der Waals surface area contributed by atoms with Crippen molar-refractivity contribution in [3.05, 3.63) is 100 Å². The van der Waals surface area contributed by atoms with Crippen molar-refractivity contribution in [2.75, 3.05) is 51.0 Å². The molecule has 16 heteroatoms. The normalized spacial score (nSPS) is 14.8. The maximum absolute atomic E-state index is 16.0. The summed E-state index contributed by atoms with van der Waals surface area (Å²) in [6.45, 7) is 3.68. The predicted octanol–water partition coefficient (Wildman–Crippen LogP) is 5.35. The Bertz CT molecular complexity index is 2190. The number of sulfone groups is 1. The summed E-state index contributed by atoms with van der Waals surface area (Å²) in [6.07, 6.45) is 0.727. The van der Waals surface area contributed by atoms with E-state index in [0.29, 0.717) is 64.5 Å². The van der Waals surface area contributed by atoms with Gasteiger partial charge in [-0.3, -0.25) is 10.1 Å². The van der Waals surface area contributed by atoms with E-state index in [2.05, 4.69) is 20.5 Å². The molecule has 1 aliphatic rings. The van der Waals surface area contributed by atoms with Crippen LogP contribution in [0.1, 0.15) is 30.0 Å². The molecule has 1 atom stereocenters. The van der Waals surface area contributed by atoms with Crippen molar-refractivity contribution in [2.45, 2.75) is 39.1 Å². The van der Waals surface area contributed by atoms with Crippen LogP contribution >= 0.6 is 11.6 Å². The summed E-state index contributed by atoms with van der Waals surface area (Å²) in [5, 5.41) is 20.7. The van der Waals surface area contributed by atoms with Crippen LogP contribution in [0.15, 0.2) is 77.4 Å². The number of nitrogens with one attached hydrogen (secondary N) is 1. The molecule has 4 aromatic carbocycles. The molecule has 6 rings (SSSR count). The molecule has 2 N–H and O–H groups in total. The van der Waals surface area contributed by atoms with Crippen molar-refractivity contribution in [3.8, 4) is 28.4 Å². The van der Waals surface area contributed by atoms with Gasteiger partial charge < -0.3 is 29.0 Å². The summed E-state index contributed by atoms with van der Waals surface area (Å²) in [7, 11) is -2.92. The molecule has 0 aliphatic carbocycles. The lowest BCUT2D eigenvalue weighted by atomic mass is 10.0. The van der Waals surface area contributed by atoms with Crippen LogP contribution in [0.3, 0.4) is 0 Å². The highest BCUT2D eigenvalue weighted by molar-refractivity contribution is 7.91. The van der Waals surface area contributed by atoms with E-state index in [1.54, 1.807) is 67.6 Å². The number of rotatable bonds is 18. The van der Waals surface area contributed by atoms with Gasteiger partial charge in [-0.25, -0.2) is 17.4 Å². The second-order valence-electron chi connectivity index (χ2n) is 12.9. The molecule has 0 amide bonds. The van der Waals surface area contributed by atoms with E-state index in [4.69, 9.17) is 35.2 Å². The number of fused-ring (bicyclic) bond motifs is 1. The van der Waals surface area contributed by atoms with Crippen LogP contribution in [0.4, 0.5) is 4.39 Å². The van der Waals surface area contributed by atoms with Crippen molar-refractivity contribution in [2.24, 2.45) is 0 Å². The fraction of sp³-hybridized carbons (Fsp3) is 0.359.